The van der Waals surface area contributed by atoms with Gasteiger partial charge < -0.3 is 31.3 Å². The molecule has 0 aliphatic carbocycles. The molecular formula is C35H57N3O5. The molecular weight excluding hydrogens is 542 g/mol. The molecule has 0 fully saturated rings. The van der Waals surface area contributed by atoms with Gasteiger partial charge in [0.2, 0.25) is 0 Å². The summed E-state index contributed by atoms with van der Waals surface area (Å²) in [5, 5.41) is 21.2. The summed E-state index contributed by atoms with van der Waals surface area (Å²) in [5.41, 5.74) is 14.5. The van der Waals surface area contributed by atoms with E-state index in [1.54, 1.807) is 24.8 Å². The Morgan fingerprint density at radius 3 is 1.58 bits per heavy atom. The van der Waals surface area contributed by atoms with E-state index >= 15 is 0 Å². The number of carboxylic acids is 2. The number of benzene rings is 1. The maximum absolute atomic E-state index is 13.0. The molecule has 1 aliphatic rings. The fourth-order valence-electron chi connectivity index (χ4n) is 7.20. The Balaban J connectivity index is 2.37. The van der Waals surface area contributed by atoms with Crippen LogP contribution in [0.2, 0.25) is 0 Å². The zero-order valence-corrected chi connectivity index (χ0v) is 27.6. The molecule has 0 aromatic heterocycles. The highest BCUT2D eigenvalue weighted by Crippen LogP contribution is 2.55. The zero-order chi connectivity index (χ0) is 32.2. The molecule has 1 aliphatic heterocycles. The molecule has 0 saturated heterocycles. The van der Waals surface area contributed by atoms with Crippen LogP contribution in [0.3, 0.4) is 0 Å². The summed E-state index contributed by atoms with van der Waals surface area (Å²) in [6.07, 6.45) is 16.8. The molecule has 1 aromatic rings. The summed E-state index contributed by atoms with van der Waals surface area (Å²) in [4.78, 5) is 27.8. The van der Waals surface area contributed by atoms with Crippen LogP contribution in [0.4, 0.5) is 11.4 Å². The van der Waals surface area contributed by atoms with Crippen LogP contribution in [0.1, 0.15) is 136 Å². The molecule has 1 heterocycles. The van der Waals surface area contributed by atoms with E-state index in [0.29, 0.717) is 41.4 Å². The maximum atomic E-state index is 13.0. The zero-order valence-electron chi connectivity index (χ0n) is 27.6. The van der Waals surface area contributed by atoms with Crippen molar-refractivity contribution in [3.05, 3.63) is 39.7 Å². The number of aliphatic carboxylic acids is 2. The van der Waals surface area contributed by atoms with E-state index in [1.165, 1.54) is 71.3 Å². The minimum atomic E-state index is -1.50. The fraction of sp³-hybridized carbons (Fsp3) is 0.657. The third-order valence-corrected chi connectivity index (χ3v) is 9.27. The van der Waals surface area contributed by atoms with Crippen molar-refractivity contribution in [2.75, 3.05) is 25.1 Å². The average molecular weight is 600 g/mol. The molecule has 0 radical (unpaired) electrons. The van der Waals surface area contributed by atoms with Gasteiger partial charge in [-0.25, -0.2) is 9.59 Å². The first-order valence-electron chi connectivity index (χ1n) is 16.5. The number of methoxy groups -OCH3 is 1. The van der Waals surface area contributed by atoms with E-state index in [0.717, 1.165) is 24.8 Å². The number of ether oxygens (including phenoxy) is 1. The third kappa shape index (κ3) is 8.07. The van der Waals surface area contributed by atoms with E-state index in [9.17, 15) is 19.8 Å². The highest BCUT2D eigenvalue weighted by atomic mass is 16.5. The lowest BCUT2D eigenvalue weighted by atomic mass is 9.62. The molecule has 2 rings (SSSR count). The Morgan fingerprint density at radius 1 is 0.767 bits per heavy atom. The second kappa shape index (κ2) is 17.2. The normalized spacial score (nSPS) is 14.9. The molecule has 6 N–H and O–H groups in total. The number of nitrogens with zero attached hydrogens (tertiary/aromatic N) is 1. The van der Waals surface area contributed by atoms with Crippen molar-refractivity contribution in [3.8, 4) is 5.75 Å². The van der Waals surface area contributed by atoms with Crippen LogP contribution in [0.25, 0.3) is 0 Å². The molecule has 242 valence electrons. The second-order valence-corrected chi connectivity index (χ2v) is 12.0. The van der Waals surface area contributed by atoms with E-state index in [4.69, 9.17) is 16.2 Å². The van der Waals surface area contributed by atoms with Crippen molar-refractivity contribution < 1.29 is 24.5 Å². The molecule has 0 atom stereocenters. The highest BCUT2D eigenvalue weighted by molar-refractivity contribution is 6.01. The standard InChI is InChI=1S/C35H57N3O5/c1-7-10-11-12-13-14-15-16-17-18-19-20-21-22-26-27(36)23-28(37)32(43-6)31(26)35(8-2)29(33(39)40)24(4)38(9-3)25(5)30(35)34(41)42/h23H,7-22,36-37H2,1-6H3,(H,39,40)(H,41,42). The topological polar surface area (TPSA) is 139 Å². The van der Waals surface area contributed by atoms with Gasteiger partial charge in [-0.2, -0.15) is 0 Å². The Hall–Kier alpha value is -3.16. The summed E-state index contributed by atoms with van der Waals surface area (Å²) in [6.45, 7) is 9.88. The van der Waals surface area contributed by atoms with Crippen LogP contribution in [0, 0.1) is 0 Å². The molecule has 0 unspecified atom stereocenters. The molecule has 0 spiro atoms. The molecule has 0 bridgehead atoms. The van der Waals surface area contributed by atoms with Gasteiger partial charge >= 0.3 is 11.9 Å². The average Bonchev–Trinajstić information content (AvgIpc) is 2.95. The Morgan fingerprint density at radius 2 is 1.21 bits per heavy atom. The van der Waals surface area contributed by atoms with E-state index in [2.05, 4.69) is 6.92 Å². The number of carboxylic acid groups (broad SMARTS) is 2. The summed E-state index contributed by atoms with van der Waals surface area (Å²) < 4.78 is 5.83. The smallest absolute Gasteiger partial charge is 0.334 e. The number of anilines is 2. The minimum Gasteiger partial charge on any atom is -0.494 e. The lowest BCUT2D eigenvalue weighted by Crippen LogP contribution is -2.46. The maximum Gasteiger partial charge on any atom is 0.334 e. The first-order chi connectivity index (χ1) is 20.5. The largest absolute Gasteiger partial charge is 0.494 e. The Bertz CT molecular complexity index is 1130. The van der Waals surface area contributed by atoms with Gasteiger partial charge in [-0.15, -0.1) is 0 Å². The number of hydrogen-bond acceptors (Lipinski definition) is 6. The summed E-state index contributed by atoms with van der Waals surface area (Å²) in [5.74, 6) is -2.04. The van der Waals surface area contributed by atoms with Crippen molar-refractivity contribution in [1.29, 1.82) is 0 Å². The molecule has 8 heteroatoms. The number of nitrogen functional groups attached to an aromatic ring is 2. The van der Waals surface area contributed by atoms with Gasteiger partial charge in [0.25, 0.3) is 0 Å². The van der Waals surface area contributed by atoms with Crippen molar-refractivity contribution in [3.63, 3.8) is 0 Å². The SMILES string of the molecule is CCCCCCCCCCCCCCCc1c(N)cc(N)c(OC)c1C1(CC)C(C(=O)O)=C(C)N(CC)C(C)=C1C(=O)O. The number of hydrogen-bond donors (Lipinski definition) is 4. The van der Waals surface area contributed by atoms with Gasteiger partial charge in [-0.05, 0) is 51.7 Å². The van der Waals surface area contributed by atoms with Gasteiger partial charge in [0.05, 0.1) is 29.4 Å². The van der Waals surface area contributed by atoms with Crippen molar-refractivity contribution >= 4 is 23.3 Å². The molecule has 8 nitrogen and oxygen atoms in total. The monoisotopic (exact) mass is 599 g/mol. The number of unbranched alkanes of at least 4 members (excludes halogenated alkanes) is 12. The van der Waals surface area contributed by atoms with Gasteiger partial charge in [0, 0.05) is 29.2 Å². The molecule has 43 heavy (non-hydrogen) atoms. The highest BCUT2D eigenvalue weighted by Gasteiger charge is 2.53. The van der Waals surface area contributed by atoms with E-state index in [1.807, 2.05) is 13.8 Å². The number of allylic oxidation sites excluding steroid dienone is 2. The van der Waals surface area contributed by atoms with Gasteiger partial charge in [0.15, 0.2) is 0 Å². The van der Waals surface area contributed by atoms with Gasteiger partial charge in [-0.1, -0.05) is 90.9 Å². The van der Waals surface area contributed by atoms with Crippen molar-refractivity contribution in [2.45, 2.75) is 136 Å². The van der Waals surface area contributed by atoms with Crippen LogP contribution in [-0.4, -0.2) is 40.7 Å². The Labute approximate surface area is 259 Å². The summed E-state index contributed by atoms with van der Waals surface area (Å²) in [7, 11) is 1.49. The van der Waals surface area contributed by atoms with Crippen molar-refractivity contribution in [2.24, 2.45) is 0 Å². The minimum absolute atomic E-state index is 0.0229. The Kier molecular flexibility index (Phi) is 14.4. The molecule has 1 aromatic carbocycles. The summed E-state index contributed by atoms with van der Waals surface area (Å²) >= 11 is 0. The van der Waals surface area contributed by atoms with Gasteiger partial charge in [-0.3, -0.25) is 0 Å². The predicted molar refractivity (Wildman–Crippen MR) is 176 cm³/mol. The lowest BCUT2D eigenvalue weighted by molar-refractivity contribution is -0.134. The number of rotatable bonds is 20. The van der Waals surface area contributed by atoms with Crippen LogP contribution in [0.15, 0.2) is 28.6 Å². The predicted octanol–water partition coefficient (Wildman–Crippen LogP) is 8.19. The second-order valence-electron chi connectivity index (χ2n) is 12.0. The third-order valence-electron chi connectivity index (χ3n) is 9.27. The molecule has 0 saturated carbocycles. The first kappa shape index (κ1) is 36.0. The van der Waals surface area contributed by atoms with Crippen molar-refractivity contribution in [1.82, 2.24) is 4.90 Å². The number of carbonyl (C=O) groups is 2. The van der Waals surface area contributed by atoms with Crippen LogP contribution < -0.4 is 16.2 Å². The van der Waals surface area contributed by atoms with Crippen LogP contribution >= 0.6 is 0 Å². The lowest BCUT2D eigenvalue weighted by Gasteiger charge is -2.45. The fourth-order valence-corrected chi connectivity index (χ4v) is 7.20. The van der Waals surface area contributed by atoms with Crippen LogP contribution in [-0.2, 0) is 21.4 Å². The first-order valence-corrected chi connectivity index (χ1v) is 16.5. The quantitative estimate of drug-likeness (QED) is 0.0869. The van der Waals surface area contributed by atoms with Gasteiger partial charge in [0.1, 0.15) is 5.75 Å². The number of nitrogens with two attached hydrogens (primary N) is 2. The van der Waals surface area contributed by atoms with E-state index < -0.39 is 17.4 Å². The summed E-state index contributed by atoms with van der Waals surface area (Å²) in [6, 6.07) is 1.65. The van der Waals surface area contributed by atoms with Crippen LogP contribution in [0.5, 0.6) is 5.75 Å². The molecule has 0 amide bonds. The van der Waals surface area contributed by atoms with E-state index in [-0.39, 0.29) is 23.3 Å².